The zero-order valence-corrected chi connectivity index (χ0v) is 15.5. The summed E-state index contributed by atoms with van der Waals surface area (Å²) < 4.78 is 1.60. The van der Waals surface area contributed by atoms with Crippen molar-refractivity contribution in [3.8, 4) is 5.69 Å². The number of hydrogen-bond donors (Lipinski definition) is 1. The molecule has 0 saturated heterocycles. The molecule has 0 aliphatic heterocycles. The Morgan fingerprint density at radius 3 is 2.79 bits per heavy atom. The van der Waals surface area contributed by atoms with Crippen molar-refractivity contribution in [2.24, 2.45) is 0 Å². The van der Waals surface area contributed by atoms with Gasteiger partial charge in [-0.2, -0.15) is 4.68 Å². The van der Waals surface area contributed by atoms with Gasteiger partial charge in [-0.3, -0.25) is 4.79 Å². The number of nitrogens with one attached hydrogen (secondary N) is 1. The maximum absolute atomic E-state index is 12.0. The van der Waals surface area contributed by atoms with E-state index in [1.54, 1.807) is 16.8 Å². The molecule has 1 heterocycles. The summed E-state index contributed by atoms with van der Waals surface area (Å²) >= 11 is 7.20. The molecule has 2 aromatic rings. The minimum absolute atomic E-state index is 0.00495. The first-order chi connectivity index (χ1) is 11.6. The lowest BCUT2D eigenvalue weighted by Gasteiger charge is -2.13. The average molecular weight is 368 g/mol. The number of carbonyl (C=O) groups excluding carboxylic acids is 1. The lowest BCUT2D eigenvalue weighted by molar-refractivity contribution is -0.119. The van der Waals surface area contributed by atoms with Gasteiger partial charge in [-0.05, 0) is 48.0 Å². The number of hydrogen-bond acceptors (Lipinski definition) is 5. The van der Waals surface area contributed by atoms with Gasteiger partial charge in [-0.15, -0.1) is 5.10 Å². The molecule has 0 radical (unpaired) electrons. The highest BCUT2D eigenvalue weighted by Crippen LogP contribution is 2.19. The van der Waals surface area contributed by atoms with E-state index >= 15 is 0 Å². The first-order valence-electron chi connectivity index (χ1n) is 8.06. The van der Waals surface area contributed by atoms with E-state index in [2.05, 4.69) is 27.8 Å². The lowest BCUT2D eigenvalue weighted by atomic mass is 10.1. The maximum atomic E-state index is 12.0. The zero-order valence-electron chi connectivity index (χ0n) is 13.9. The molecule has 8 heteroatoms. The monoisotopic (exact) mass is 367 g/mol. The molecule has 0 aliphatic rings. The molecule has 24 heavy (non-hydrogen) atoms. The summed E-state index contributed by atoms with van der Waals surface area (Å²) in [6, 6.07) is 7.41. The number of tetrazole rings is 1. The first kappa shape index (κ1) is 18.7. The fourth-order valence-electron chi connectivity index (χ4n) is 2.23. The van der Waals surface area contributed by atoms with Crippen molar-refractivity contribution in [3.05, 3.63) is 29.3 Å². The van der Waals surface area contributed by atoms with E-state index in [0.29, 0.717) is 10.2 Å². The molecule has 1 amide bonds. The van der Waals surface area contributed by atoms with Crippen LogP contribution in [0.3, 0.4) is 0 Å². The largest absolute Gasteiger partial charge is 0.353 e. The molecule has 0 unspecified atom stereocenters. The molecule has 1 N–H and O–H groups in total. The quantitative estimate of drug-likeness (QED) is 0.542. The van der Waals surface area contributed by atoms with Crippen LogP contribution >= 0.6 is 23.4 Å². The van der Waals surface area contributed by atoms with Gasteiger partial charge in [0.2, 0.25) is 11.1 Å². The summed E-state index contributed by atoms with van der Waals surface area (Å²) in [5.41, 5.74) is 0.806. The minimum Gasteiger partial charge on any atom is -0.353 e. The molecule has 130 valence electrons. The summed E-state index contributed by atoms with van der Waals surface area (Å²) in [5, 5.41) is 15.9. The van der Waals surface area contributed by atoms with Crippen LogP contribution in [0.2, 0.25) is 5.02 Å². The van der Waals surface area contributed by atoms with Gasteiger partial charge in [0.1, 0.15) is 0 Å². The van der Waals surface area contributed by atoms with Crippen LogP contribution in [0.25, 0.3) is 5.69 Å². The number of carbonyl (C=O) groups is 1. The van der Waals surface area contributed by atoms with Crippen LogP contribution in [0.1, 0.15) is 39.5 Å². The summed E-state index contributed by atoms with van der Waals surface area (Å²) in [6.45, 7) is 4.21. The molecular formula is C16H22ClN5OS. The van der Waals surface area contributed by atoms with Crippen LogP contribution < -0.4 is 5.32 Å². The number of halogens is 1. The van der Waals surface area contributed by atoms with Crippen molar-refractivity contribution in [1.29, 1.82) is 0 Å². The molecule has 1 aromatic carbocycles. The molecule has 6 nitrogen and oxygen atoms in total. The van der Waals surface area contributed by atoms with Gasteiger partial charge in [-0.1, -0.05) is 49.5 Å². The summed E-state index contributed by atoms with van der Waals surface area (Å²) in [5.74, 6) is 0.279. The first-order valence-corrected chi connectivity index (χ1v) is 9.43. The number of aromatic nitrogens is 4. The van der Waals surface area contributed by atoms with Crippen LogP contribution in [0, 0.1) is 0 Å². The van der Waals surface area contributed by atoms with Crippen LogP contribution in [-0.2, 0) is 4.79 Å². The minimum atomic E-state index is -0.00495. The Bertz CT molecular complexity index is 646. The van der Waals surface area contributed by atoms with Crippen molar-refractivity contribution < 1.29 is 4.79 Å². The second kappa shape index (κ2) is 9.64. The molecule has 0 spiro atoms. The highest BCUT2D eigenvalue weighted by atomic mass is 35.5. The van der Waals surface area contributed by atoms with Crippen LogP contribution in [0.4, 0.5) is 0 Å². The third kappa shape index (κ3) is 5.79. The smallest absolute Gasteiger partial charge is 0.230 e. The SMILES string of the molecule is CCCCC[C@@H](C)NC(=O)CSc1nnnn1-c1ccc(Cl)cc1. The molecular weight excluding hydrogens is 346 g/mol. The topological polar surface area (TPSA) is 72.7 Å². The highest BCUT2D eigenvalue weighted by Gasteiger charge is 2.13. The highest BCUT2D eigenvalue weighted by molar-refractivity contribution is 7.99. The van der Waals surface area contributed by atoms with Gasteiger partial charge in [0.05, 0.1) is 11.4 Å². The Morgan fingerprint density at radius 2 is 2.08 bits per heavy atom. The van der Waals surface area contributed by atoms with Crippen molar-refractivity contribution in [2.45, 2.75) is 50.7 Å². The maximum Gasteiger partial charge on any atom is 0.230 e. The van der Waals surface area contributed by atoms with Gasteiger partial charge in [0, 0.05) is 11.1 Å². The zero-order chi connectivity index (χ0) is 17.4. The van der Waals surface area contributed by atoms with Crippen molar-refractivity contribution in [2.75, 3.05) is 5.75 Å². The number of nitrogens with zero attached hydrogens (tertiary/aromatic N) is 4. The standard InChI is InChI=1S/C16H22ClN5OS/c1-3-4-5-6-12(2)18-15(23)11-24-16-19-20-21-22(16)14-9-7-13(17)8-10-14/h7-10,12H,3-6,11H2,1-2H3,(H,18,23)/t12-/m1/s1. The van der Waals surface area contributed by atoms with Gasteiger partial charge in [-0.25, -0.2) is 0 Å². The van der Waals surface area contributed by atoms with Crippen LogP contribution in [0.15, 0.2) is 29.4 Å². The molecule has 0 saturated carbocycles. The number of rotatable bonds is 9. The van der Waals surface area contributed by atoms with Crippen molar-refractivity contribution in [1.82, 2.24) is 25.5 Å². The number of amides is 1. The van der Waals surface area contributed by atoms with E-state index in [0.717, 1.165) is 18.5 Å². The number of thioether (sulfide) groups is 1. The normalized spacial score (nSPS) is 12.1. The molecule has 2 rings (SSSR count). The van der Waals surface area contributed by atoms with Crippen molar-refractivity contribution >= 4 is 29.3 Å². The molecule has 1 aromatic heterocycles. The Labute approximate surface area is 151 Å². The number of benzene rings is 1. The van der Waals surface area contributed by atoms with Crippen LogP contribution in [0.5, 0.6) is 0 Å². The molecule has 1 atom stereocenters. The lowest BCUT2D eigenvalue weighted by Crippen LogP contribution is -2.33. The number of unbranched alkanes of at least 4 members (excludes halogenated alkanes) is 2. The van der Waals surface area contributed by atoms with Gasteiger partial charge in [0.25, 0.3) is 0 Å². The van der Waals surface area contributed by atoms with E-state index in [9.17, 15) is 4.79 Å². The Morgan fingerprint density at radius 1 is 1.33 bits per heavy atom. The summed E-state index contributed by atoms with van der Waals surface area (Å²) in [7, 11) is 0. The predicted octanol–water partition coefficient (Wildman–Crippen LogP) is 3.49. The average Bonchev–Trinajstić information content (AvgIpc) is 3.02. The molecule has 0 fully saturated rings. The molecule has 0 bridgehead atoms. The van der Waals surface area contributed by atoms with E-state index in [1.165, 1.54) is 24.6 Å². The van der Waals surface area contributed by atoms with E-state index in [1.807, 2.05) is 19.1 Å². The second-order valence-electron chi connectivity index (χ2n) is 5.60. The summed E-state index contributed by atoms with van der Waals surface area (Å²) in [6.07, 6.45) is 4.53. The fourth-order valence-corrected chi connectivity index (χ4v) is 3.06. The fraction of sp³-hybridized carbons (Fsp3) is 0.500. The van der Waals surface area contributed by atoms with Crippen molar-refractivity contribution in [3.63, 3.8) is 0 Å². The third-order valence-electron chi connectivity index (χ3n) is 3.49. The van der Waals surface area contributed by atoms with Crippen LogP contribution in [-0.4, -0.2) is 37.9 Å². The van der Waals surface area contributed by atoms with Gasteiger partial charge < -0.3 is 5.32 Å². The Kier molecular flexibility index (Phi) is 7.52. The summed E-state index contributed by atoms with van der Waals surface area (Å²) in [4.78, 5) is 12.0. The predicted molar refractivity (Wildman–Crippen MR) is 96.6 cm³/mol. The Hall–Kier alpha value is -1.60. The van der Waals surface area contributed by atoms with Gasteiger partial charge >= 0.3 is 0 Å². The molecule has 0 aliphatic carbocycles. The van der Waals surface area contributed by atoms with E-state index in [-0.39, 0.29) is 17.7 Å². The Balaban J connectivity index is 1.85. The van der Waals surface area contributed by atoms with E-state index < -0.39 is 0 Å². The second-order valence-corrected chi connectivity index (χ2v) is 6.98. The third-order valence-corrected chi connectivity index (χ3v) is 4.66. The van der Waals surface area contributed by atoms with Gasteiger partial charge in [0.15, 0.2) is 0 Å². The van der Waals surface area contributed by atoms with E-state index in [4.69, 9.17) is 11.6 Å².